The van der Waals surface area contributed by atoms with Gasteiger partial charge in [-0.1, -0.05) is 30.3 Å². The van der Waals surface area contributed by atoms with Crippen molar-refractivity contribution in [3.63, 3.8) is 0 Å². The molecule has 4 rings (SSSR count). The minimum absolute atomic E-state index is 0.0838. The van der Waals surface area contributed by atoms with Crippen LogP contribution in [-0.2, 0) is 13.1 Å². The molecular formula is C19H17N3O4. The SMILES string of the molecule is O=C(NCc1cnn(Cc2ccccc2)c1)c1cc2c(cc1O)OCO2. The average molecular weight is 351 g/mol. The van der Waals surface area contributed by atoms with E-state index < -0.39 is 5.91 Å². The number of aromatic nitrogens is 2. The number of hydrogen-bond acceptors (Lipinski definition) is 5. The van der Waals surface area contributed by atoms with Crippen molar-refractivity contribution in [2.75, 3.05) is 6.79 Å². The van der Waals surface area contributed by atoms with E-state index in [4.69, 9.17) is 9.47 Å². The number of hydrogen-bond donors (Lipinski definition) is 2. The molecule has 1 aliphatic heterocycles. The average Bonchev–Trinajstić information content (AvgIpc) is 3.28. The highest BCUT2D eigenvalue weighted by molar-refractivity contribution is 5.97. The molecule has 26 heavy (non-hydrogen) atoms. The summed E-state index contributed by atoms with van der Waals surface area (Å²) in [5.41, 5.74) is 2.16. The summed E-state index contributed by atoms with van der Waals surface area (Å²) in [5, 5.41) is 17.1. The van der Waals surface area contributed by atoms with Crippen LogP contribution in [0.15, 0.2) is 54.9 Å². The Morgan fingerprint density at radius 2 is 1.92 bits per heavy atom. The third-order valence-electron chi connectivity index (χ3n) is 4.06. The van der Waals surface area contributed by atoms with Crippen LogP contribution in [0.25, 0.3) is 0 Å². The van der Waals surface area contributed by atoms with Crippen molar-refractivity contribution in [1.82, 2.24) is 15.1 Å². The molecule has 1 amide bonds. The van der Waals surface area contributed by atoms with Gasteiger partial charge in [0.05, 0.1) is 18.3 Å². The number of ether oxygens (including phenoxy) is 2. The van der Waals surface area contributed by atoms with E-state index in [1.807, 2.05) is 41.2 Å². The highest BCUT2D eigenvalue weighted by atomic mass is 16.7. The summed E-state index contributed by atoms with van der Waals surface area (Å²) in [6, 6.07) is 12.9. The number of fused-ring (bicyclic) bond motifs is 1. The zero-order valence-electron chi connectivity index (χ0n) is 13.9. The fourth-order valence-corrected chi connectivity index (χ4v) is 2.75. The Morgan fingerprint density at radius 1 is 1.15 bits per heavy atom. The van der Waals surface area contributed by atoms with Crippen molar-refractivity contribution in [3.8, 4) is 17.2 Å². The fraction of sp³-hybridized carbons (Fsp3) is 0.158. The first-order valence-corrected chi connectivity index (χ1v) is 8.15. The van der Waals surface area contributed by atoms with Crippen molar-refractivity contribution in [3.05, 3.63) is 71.5 Å². The Labute approximate surface area is 149 Å². The second-order valence-corrected chi connectivity index (χ2v) is 5.94. The second kappa shape index (κ2) is 6.79. The van der Waals surface area contributed by atoms with E-state index in [2.05, 4.69) is 10.4 Å². The van der Waals surface area contributed by atoms with Gasteiger partial charge in [0.2, 0.25) is 6.79 Å². The van der Waals surface area contributed by atoms with Gasteiger partial charge in [0.25, 0.3) is 5.91 Å². The number of nitrogens with zero attached hydrogens (tertiary/aromatic N) is 2. The van der Waals surface area contributed by atoms with Crippen LogP contribution in [0.2, 0.25) is 0 Å². The smallest absolute Gasteiger partial charge is 0.255 e. The Bertz CT molecular complexity index is 937. The summed E-state index contributed by atoms with van der Waals surface area (Å²) in [4.78, 5) is 12.3. The van der Waals surface area contributed by atoms with Crippen LogP contribution >= 0.6 is 0 Å². The lowest BCUT2D eigenvalue weighted by molar-refractivity contribution is 0.0948. The molecule has 0 atom stereocenters. The zero-order chi connectivity index (χ0) is 17.9. The van der Waals surface area contributed by atoms with Gasteiger partial charge >= 0.3 is 0 Å². The molecule has 1 aromatic heterocycles. The van der Waals surface area contributed by atoms with E-state index in [0.29, 0.717) is 24.6 Å². The Balaban J connectivity index is 1.39. The molecule has 0 fully saturated rings. The van der Waals surface area contributed by atoms with Crippen molar-refractivity contribution in [2.24, 2.45) is 0 Å². The van der Waals surface area contributed by atoms with Gasteiger partial charge in [0.15, 0.2) is 11.5 Å². The van der Waals surface area contributed by atoms with Gasteiger partial charge in [-0.3, -0.25) is 9.48 Å². The van der Waals surface area contributed by atoms with Crippen LogP contribution < -0.4 is 14.8 Å². The molecular weight excluding hydrogens is 334 g/mol. The van der Waals surface area contributed by atoms with E-state index in [9.17, 15) is 9.90 Å². The number of phenolic OH excluding ortho intramolecular Hbond substituents is 1. The molecule has 7 nitrogen and oxygen atoms in total. The summed E-state index contributed by atoms with van der Waals surface area (Å²) in [6.07, 6.45) is 3.59. The molecule has 0 saturated heterocycles. The predicted octanol–water partition coefficient (Wildman–Crippen LogP) is 2.30. The summed E-state index contributed by atoms with van der Waals surface area (Å²) in [5.74, 6) is 0.341. The fourth-order valence-electron chi connectivity index (χ4n) is 2.75. The predicted molar refractivity (Wildman–Crippen MR) is 93.2 cm³/mol. The van der Waals surface area contributed by atoms with Crippen LogP contribution in [0.1, 0.15) is 21.5 Å². The number of benzene rings is 2. The number of carbonyl (C=O) groups excluding carboxylic acids is 1. The molecule has 132 valence electrons. The molecule has 0 spiro atoms. The topological polar surface area (TPSA) is 85.6 Å². The quantitative estimate of drug-likeness (QED) is 0.737. The van der Waals surface area contributed by atoms with Gasteiger partial charge < -0.3 is 19.9 Å². The first-order valence-electron chi connectivity index (χ1n) is 8.15. The Morgan fingerprint density at radius 3 is 2.73 bits per heavy atom. The van der Waals surface area contributed by atoms with E-state index in [1.165, 1.54) is 12.1 Å². The molecule has 0 unspecified atom stereocenters. The third kappa shape index (κ3) is 3.32. The number of nitrogens with one attached hydrogen (secondary N) is 1. The largest absolute Gasteiger partial charge is 0.507 e. The number of amides is 1. The highest BCUT2D eigenvalue weighted by Crippen LogP contribution is 2.37. The van der Waals surface area contributed by atoms with Gasteiger partial charge in [-0.2, -0.15) is 5.10 Å². The molecule has 2 N–H and O–H groups in total. The van der Waals surface area contributed by atoms with Crippen LogP contribution in [0.3, 0.4) is 0 Å². The number of phenols is 1. The second-order valence-electron chi connectivity index (χ2n) is 5.94. The van der Waals surface area contributed by atoms with Gasteiger partial charge in [-0.05, 0) is 5.56 Å². The molecule has 0 radical (unpaired) electrons. The lowest BCUT2D eigenvalue weighted by atomic mass is 10.1. The van der Waals surface area contributed by atoms with Crippen LogP contribution in [0.4, 0.5) is 0 Å². The molecule has 0 saturated carbocycles. The maximum absolute atomic E-state index is 12.3. The molecule has 0 bridgehead atoms. The summed E-state index contributed by atoms with van der Waals surface area (Å²) < 4.78 is 12.2. The van der Waals surface area contributed by atoms with E-state index in [-0.39, 0.29) is 18.1 Å². The Kier molecular flexibility index (Phi) is 4.18. The van der Waals surface area contributed by atoms with Crippen LogP contribution in [-0.4, -0.2) is 27.6 Å². The van der Waals surface area contributed by atoms with Gasteiger partial charge in [0, 0.05) is 30.4 Å². The highest BCUT2D eigenvalue weighted by Gasteiger charge is 2.20. The van der Waals surface area contributed by atoms with Crippen LogP contribution in [0, 0.1) is 0 Å². The van der Waals surface area contributed by atoms with E-state index in [1.54, 1.807) is 6.20 Å². The van der Waals surface area contributed by atoms with Gasteiger partial charge in [-0.15, -0.1) is 0 Å². The third-order valence-corrected chi connectivity index (χ3v) is 4.06. The van der Waals surface area contributed by atoms with E-state index in [0.717, 1.165) is 11.1 Å². The zero-order valence-corrected chi connectivity index (χ0v) is 13.9. The molecule has 7 heteroatoms. The lowest BCUT2D eigenvalue weighted by Gasteiger charge is -2.07. The van der Waals surface area contributed by atoms with Crippen molar-refractivity contribution in [1.29, 1.82) is 0 Å². The summed E-state index contributed by atoms with van der Waals surface area (Å²) >= 11 is 0. The molecule has 2 aromatic carbocycles. The normalized spacial score (nSPS) is 12.2. The lowest BCUT2D eigenvalue weighted by Crippen LogP contribution is -2.22. The maximum Gasteiger partial charge on any atom is 0.255 e. The van der Waals surface area contributed by atoms with Crippen molar-refractivity contribution >= 4 is 5.91 Å². The standard InChI is InChI=1S/C19H17N3O4/c23-16-7-18-17(25-12-26-18)6-15(16)19(24)20-8-14-9-21-22(11-14)10-13-4-2-1-3-5-13/h1-7,9,11,23H,8,10,12H2,(H,20,24). The summed E-state index contributed by atoms with van der Waals surface area (Å²) in [6.45, 7) is 1.06. The number of aromatic hydroxyl groups is 1. The minimum Gasteiger partial charge on any atom is -0.507 e. The van der Waals surface area contributed by atoms with Crippen molar-refractivity contribution in [2.45, 2.75) is 13.1 Å². The van der Waals surface area contributed by atoms with Gasteiger partial charge in [-0.25, -0.2) is 0 Å². The maximum atomic E-state index is 12.3. The van der Waals surface area contributed by atoms with E-state index >= 15 is 0 Å². The minimum atomic E-state index is -0.392. The number of carbonyl (C=O) groups is 1. The van der Waals surface area contributed by atoms with Crippen molar-refractivity contribution < 1.29 is 19.4 Å². The first-order chi connectivity index (χ1) is 12.7. The molecule has 3 aromatic rings. The monoisotopic (exact) mass is 351 g/mol. The Hall–Kier alpha value is -3.48. The number of rotatable bonds is 5. The first kappa shape index (κ1) is 16.0. The van der Waals surface area contributed by atoms with Crippen LogP contribution in [0.5, 0.6) is 17.2 Å². The molecule has 0 aliphatic carbocycles. The molecule has 2 heterocycles. The molecule has 1 aliphatic rings. The summed E-state index contributed by atoms with van der Waals surface area (Å²) in [7, 11) is 0. The van der Waals surface area contributed by atoms with Gasteiger partial charge in [0.1, 0.15) is 5.75 Å².